The summed E-state index contributed by atoms with van der Waals surface area (Å²) in [6, 6.07) is 0.157. The van der Waals surface area contributed by atoms with Crippen LogP contribution in [0.1, 0.15) is 0 Å². The van der Waals surface area contributed by atoms with Crippen LogP contribution < -0.4 is 4.90 Å². The third-order valence-electron chi connectivity index (χ3n) is 1.67. The predicted octanol–water partition coefficient (Wildman–Crippen LogP) is -1.56. The molecule has 1 aliphatic heterocycles. The minimum Gasteiger partial charge on any atom is -0.333 e. The molecule has 4 heteroatoms. The third-order valence-corrected chi connectivity index (χ3v) is 3.07. The first-order chi connectivity index (χ1) is 4.51. The molecule has 1 N–H and O–H groups in total. The Morgan fingerprint density at radius 2 is 2.10 bits per heavy atom. The molecule has 0 fully saturated rings. The number of sulfone groups is 1. The predicted molar refractivity (Wildman–Crippen MR) is 39.5 cm³/mol. The molecular formula is C6H12NO2S+. The standard InChI is InChI=1S/C6H11NO2S/c1-7(2)6-3-4-10(8,9)5-6/h3-4,6H,5H2,1-2H3/p+1/t6-/m1/s1. The van der Waals surface area contributed by atoms with Crippen molar-refractivity contribution in [3.05, 3.63) is 11.5 Å². The Hall–Kier alpha value is -0.350. The second-order valence-electron chi connectivity index (χ2n) is 2.84. The zero-order valence-electron chi connectivity index (χ0n) is 6.16. The van der Waals surface area contributed by atoms with Crippen LogP contribution in [0.2, 0.25) is 0 Å². The van der Waals surface area contributed by atoms with Crippen LogP contribution >= 0.6 is 0 Å². The van der Waals surface area contributed by atoms with Crippen molar-refractivity contribution in [3.8, 4) is 0 Å². The number of likely N-dealkylation sites (N-methyl/N-ethyl adjacent to an activating group) is 1. The normalized spacial score (nSPS) is 29.7. The van der Waals surface area contributed by atoms with Crippen molar-refractivity contribution in [2.75, 3.05) is 19.8 Å². The van der Waals surface area contributed by atoms with Crippen LogP contribution in [0.25, 0.3) is 0 Å². The molecule has 0 saturated heterocycles. The van der Waals surface area contributed by atoms with Crippen LogP contribution in [-0.2, 0) is 9.84 Å². The highest BCUT2D eigenvalue weighted by atomic mass is 32.2. The molecule has 0 spiro atoms. The van der Waals surface area contributed by atoms with Crippen molar-refractivity contribution in [2.24, 2.45) is 0 Å². The Morgan fingerprint density at radius 1 is 1.50 bits per heavy atom. The van der Waals surface area contributed by atoms with Crippen molar-refractivity contribution in [3.63, 3.8) is 0 Å². The highest BCUT2D eigenvalue weighted by molar-refractivity contribution is 7.94. The summed E-state index contributed by atoms with van der Waals surface area (Å²) in [7, 11) is 1.07. The average molecular weight is 162 g/mol. The molecule has 0 amide bonds. The Labute approximate surface area is 61.3 Å². The van der Waals surface area contributed by atoms with Gasteiger partial charge in [0.25, 0.3) is 0 Å². The summed E-state index contributed by atoms with van der Waals surface area (Å²) in [5, 5.41) is 1.31. The molecule has 3 nitrogen and oxygen atoms in total. The molecule has 0 radical (unpaired) electrons. The number of rotatable bonds is 1. The van der Waals surface area contributed by atoms with Crippen molar-refractivity contribution in [1.82, 2.24) is 0 Å². The van der Waals surface area contributed by atoms with Gasteiger partial charge in [0.15, 0.2) is 9.84 Å². The molecule has 0 unspecified atom stereocenters. The van der Waals surface area contributed by atoms with E-state index in [0.29, 0.717) is 0 Å². The SMILES string of the molecule is C[NH+](C)[C@@H]1C=CS(=O)(=O)C1. The first kappa shape index (κ1) is 7.75. The van der Waals surface area contributed by atoms with Crippen LogP contribution in [-0.4, -0.2) is 34.3 Å². The zero-order chi connectivity index (χ0) is 7.78. The minimum atomic E-state index is -2.84. The third kappa shape index (κ3) is 1.58. The molecule has 0 aromatic carbocycles. The second kappa shape index (κ2) is 2.36. The van der Waals surface area contributed by atoms with Crippen LogP contribution in [0.3, 0.4) is 0 Å². The fourth-order valence-corrected chi connectivity index (χ4v) is 2.42. The summed E-state index contributed by atoms with van der Waals surface area (Å²) in [5.41, 5.74) is 0. The molecule has 10 heavy (non-hydrogen) atoms. The van der Waals surface area contributed by atoms with Crippen LogP contribution in [0.5, 0.6) is 0 Å². The Balaban J connectivity index is 2.72. The number of quaternary nitrogens is 1. The smallest absolute Gasteiger partial charge is 0.177 e. The topological polar surface area (TPSA) is 38.6 Å². The van der Waals surface area contributed by atoms with Crippen molar-refractivity contribution < 1.29 is 13.3 Å². The summed E-state index contributed by atoms with van der Waals surface area (Å²) >= 11 is 0. The van der Waals surface area contributed by atoms with Gasteiger partial charge in [0.2, 0.25) is 0 Å². The van der Waals surface area contributed by atoms with E-state index >= 15 is 0 Å². The fraction of sp³-hybridized carbons (Fsp3) is 0.667. The summed E-state index contributed by atoms with van der Waals surface area (Å²) in [5.74, 6) is 0.273. The van der Waals surface area contributed by atoms with Gasteiger partial charge in [-0.3, -0.25) is 0 Å². The Bertz CT molecular complexity index is 240. The molecule has 0 aromatic heterocycles. The van der Waals surface area contributed by atoms with Gasteiger partial charge in [-0.05, 0) is 6.08 Å². The lowest BCUT2D eigenvalue weighted by Gasteiger charge is -2.11. The largest absolute Gasteiger partial charge is 0.333 e. The summed E-state index contributed by atoms with van der Waals surface area (Å²) in [4.78, 5) is 1.16. The van der Waals surface area contributed by atoms with E-state index in [1.807, 2.05) is 14.1 Å². The molecule has 0 bridgehead atoms. The zero-order valence-corrected chi connectivity index (χ0v) is 6.98. The van der Waals surface area contributed by atoms with Gasteiger partial charge in [-0.25, -0.2) is 8.42 Å². The van der Waals surface area contributed by atoms with Gasteiger partial charge in [0.05, 0.1) is 14.1 Å². The van der Waals surface area contributed by atoms with Gasteiger partial charge in [-0.2, -0.15) is 0 Å². The van der Waals surface area contributed by atoms with Gasteiger partial charge in [0.1, 0.15) is 11.8 Å². The van der Waals surface area contributed by atoms with Crippen LogP contribution in [0, 0.1) is 0 Å². The Kier molecular flexibility index (Phi) is 1.83. The van der Waals surface area contributed by atoms with Crippen LogP contribution in [0.4, 0.5) is 0 Å². The Morgan fingerprint density at radius 3 is 2.30 bits per heavy atom. The van der Waals surface area contributed by atoms with E-state index in [1.54, 1.807) is 6.08 Å². The molecular weight excluding hydrogens is 150 g/mol. The van der Waals surface area contributed by atoms with Crippen molar-refractivity contribution in [2.45, 2.75) is 6.04 Å². The van der Waals surface area contributed by atoms with Gasteiger partial charge in [-0.15, -0.1) is 0 Å². The van der Waals surface area contributed by atoms with Gasteiger partial charge < -0.3 is 4.90 Å². The van der Waals surface area contributed by atoms with Gasteiger partial charge >= 0.3 is 0 Å². The monoisotopic (exact) mass is 162 g/mol. The van der Waals surface area contributed by atoms with E-state index in [1.165, 1.54) is 5.41 Å². The maximum absolute atomic E-state index is 10.8. The quantitative estimate of drug-likeness (QED) is 0.506. The van der Waals surface area contributed by atoms with Crippen molar-refractivity contribution >= 4 is 9.84 Å². The molecule has 0 aromatic rings. The molecule has 0 saturated carbocycles. The summed E-state index contributed by atoms with van der Waals surface area (Å²) in [6.07, 6.45) is 1.75. The molecule has 0 aliphatic carbocycles. The van der Waals surface area contributed by atoms with E-state index in [-0.39, 0.29) is 11.8 Å². The summed E-state index contributed by atoms with van der Waals surface area (Å²) < 4.78 is 21.7. The molecule has 1 rings (SSSR count). The lowest BCUT2D eigenvalue weighted by atomic mass is 10.3. The number of nitrogens with one attached hydrogen (secondary N) is 1. The fourth-order valence-electron chi connectivity index (χ4n) is 0.935. The molecule has 1 atom stereocenters. The van der Waals surface area contributed by atoms with E-state index in [9.17, 15) is 8.42 Å². The lowest BCUT2D eigenvalue weighted by molar-refractivity contribution is -0.875. The first-order valence-electron chi connectivity index (χ1n) is 3.22. The lowest BCUT2D eigenvalue weighted by Crippen LogP contribution is -3.10. The highest BCUT2D eigenvalue weighted by Crippen LogP contribution is 2.04. The van der Waals surface area contributed by atoms with E-state index in [2.05, 4.69) is 0 Å². The van der Waals surface area contributed by atoms with Crippen LogP contribution in [0.15, 0.2) is 11.5 Å². The molecule has 1 aliphatic rings. The highest BCUT2D eigenvalue weighted by Gasteiger charge is 2.25. The minimum absolute atomic E-state index is 0.157. The maximum atomic E-state index is 10.8. The van der Waals surface area contributed by atoms with Crippen molar-refractivity contribution in [1.29, 1.82) is 0 Å². The van der Waals surface area contributed by atoms with E-state index < -0.39 is 9.84 Å². The van der Waals surface area contributed by atoms with E-state index in [4.69, 9.17) is 0 Å². The molecule has 1 heterocycles. The van der Waals surface area contributed by atoms with Gasteiger partial charge in [-0.1, -0.05) is 0 Å². The second-order valence-corrected chi connectivity index (χ2v) is 4.77. The van der Waals surface area contributed by atoms with Gasteiger partial charge in [0, 0.05) is 5.41 Å². The maximum Gasteiger partial charge on any atom is 0.177 e. The number of hydrogen-bond acceptors (Lipinski definition) is 2. The molecule has 58 valence electrons. The number of hydrogen-bond donors (Lipinski definition) is 1. The van der Waals surface area contributed by atoms with E-state index in [0.717, 1.165) is 4.90 Å². The average Bonchev–Trinajstić information content (AvgIpc) is 2.10. The first-order valence-corrected chi connectivity index (χ1v) is 4.94. The summed E-state index contributed by atoms with van der Waals surface area (Å²) in [6.45, 7) is 0.